The van der Waals surface area contributed by atoms with Gasteiger partial charge in [-0.25, -0.2) is 9.78 Å². The zero-order chi connectivity index (χ0) is 16.0. The fraction of sp³-hybridized carbons (Fsp3) is 0.538. The van der Waals surface area contributed by atoms with Gasteiger partial charge < -0.3 is 20.6 Å². The molecule has 0 aliphatic heterocycles. The van der Waals surface area contributed by atoms with Crippen LogP contribution in [0, 0.1) is 0 Å². The zero-order valence-corrected chi connectivity index (χ0v) is 13.1. The number of likely N-dealkylation sites (N-methyl/N-ethyl adjacent to an activating group) is 1. The molecule has 1 heterocycles. The summed E-state index contributed by atoms with van der Waals surface area (Å²) in [6.07, 6.45) is -4.18. The Morgan fingerprint density at radius 2 is 1.87 bits per heavy atom. The average molecular weight is 341 g/mol. The topological polar surface area (TPSA) is 109 Å². The predicted octanol–water partition coefficient (Wildman–Crippen LogP) is 0.975. The number of carbonyl (C=O) groups is 1. The Morgan fingerprint density at radius 1 is 1.26 bits per heavy atom. The highest BCUT2D eigenvalue weighted by atomic mass is 19.4. The summed E-state index contributed by atoms with van der Waals surface area (Å²) >= 11 is 0. The summed E-state index contributed by atoms with van der Waals surface area (Å²) in [5.41, 5.74) is -0.855. The number of hydrogen-bond donors (Lipinski definition) is 0. The normalized spacial score (nSPS) is 10.6. The number of alkyl halides is 3. The number of pyridine rings is 1. The number of hydrogen-bond acceptors (Lipinski definition) is 4. The van der Waals surface area contributed by atoms with E-state index < -0.39 is 17.8 Å². The molecule has 1 aromatic rings. The van der Waals surface area contributed by atoms with Crippen molar-refractivity contribution in [1.82, 2.24) is 9.88 Å². The Balaban J connectivity index is 0. The molecule has 0 atom stereocenters. The van der Waals surface area contributed by atoms with Gasteiger partial charge in [0.2, 0.25) is 0 Å². The number of ether oxygens (including phenoxy) is 1. The van der Waals surface area contributed by atoms with Crippen LogP contribution in [0.4, 0.5) is 23.8 Å². The van der Waals surface area contributed by atoms with Crippen LogP contribution < -0.4 is 4.90 Å². The second kappa shape index (κ2) is 9.98. The van der Waals surface area contributed by atoms with Gasteiger partial charge in [-0.1, -0.05) is 0 Å². The SMILES string of the molecule is CCOC(=O)N(CCN(C)C)c1cc(C(F)(F)F)ccn1.O.O. The maximum Gasteiger partial charge on any atom is 0.416 e. The maximum atomic E-state index is 12.7. The second-order valence-electron chi connectivity index (χ2n) is 4.55. The van der Waals surface area contributed by atoms with Crippen LogP contribution in [0.25, 0.3) is 0 Å². The molecule has 0 saturated carbocycles. The Kier molecular flexibility index (Phi) is 10.1. The standard InChI is InChI=1S/C13H18F3N3O2.2H2O/c1-4-21-12(20)19(8-7-18(2)3)11-9-10(5-6-17-11)13(14,15)16;;/h5-6,9H,4,7-8H2,1-3H3;2*1H2. The van der Waals surface area contributed by atoms with E-state index in [2.05, 4.69) is 4.98 Å². The van der Waals surface area contributed by atoms with Gasteiger partial charge in [0, 0.05) is 19.3 Å². The molecule has 0 aliphatic carbocycles. The van der Waals surface area contributed by atoms with Crippen molar-refractivity contribution < 1.29 is 33.7 Å². The average Bonchev–Trinajstić information content (AvgIpc) is 2.38. The van der Waals surface area contributed by atoms with Crippen LogP contribution in [0.15, 0.2) is 18.3 Å². The van der Waals surface area contributed by atoms with Crippen molar-refractivity contribution in [2.24, 2.45) is 0 Å². The number of carbonyl (C=O) groups excluding carboxylic acids is 1. The van der Waals surface area contributed by atoms with Crippen molar-refractivity contribution in [3.05, 3.63) is 23.9 Å². The van der Waals surface area contributed by atoms with E-state index in [9.17, 15) is 18.0 Å². The summed E-state index contributed by atoms with van der Waals surface area (Å²) in [5.74, 6) is -0.0786. The molecule has 0 bridgehead atoms. The van der Waals surface area contributed by atoms with Gasteiger partial charge in [-0.3, -0.25) is 4.90 Å². The van der Waals surface area contributed by atoms with Crippen LogP contribution in [-0.4, -0.2) is 60.7 Å². The molecule has 0 aliphatic rings. The third-order valence-corrected chi connectivity index (χ3v) is 2.61. The first-order valence-electron chi connectivity index (χ1n) is 6.38. The zero-order valence-electron chi connectivity index (χ0n) is 13.1. The molecule has 1 amide bonds. The van der Waals surface area contributed by atoms with E-state index in [1.807, 2.05) is 0 Å². The molecular weight excluding hydrogens is 319 g/mol. The molecule has 1 aromatic heterocycles. The Morgan fingerprint density at radius 3 is 2.35 bits per heavy atom. The number of rotatable bonds is 5. The molecule has 0 unspecified atom stereocenters. The third kappa shape index (κ3) is 7.26. The maximum absolute atomic E-state index is 12.7. The summed E-state index contributed by atoms with van der Waals surface area (Å²) < 4.78 is 43.0. The second-order valence-corrected chi connectivity index (χ2v) is 4.55. The molecule has 134 valence electrons. The minimum absolute atomic E-state index is 0. The van der Waals surface area contributed by atoms with Crippen LogP contribution in [0.5, 0.6) is 0 Å². The number of nitrogens with zero attached hydrogens (tertiary/aromatic N) is 3. The number of aromatic nitrogens is 1. The van der Waals surface area contributed by atoms with E-state index in [-0.39, 0.29) is 29.9 Å². The van der Waals surface area contributed by atoms with E-state index >= 15 is 0 Å². The van der Waals surface area contributed by atoms with Crippen LogP contribution >= 0.6 is 0 Å². The predicted molar refractivity (Wildman–Crippen MR) is 79.4 cm³/mol. The highest BCUT2D eigenvalue weighted by molar-refractivity contribution is 5.86. The molecule has 1 rings (SSSR count). The van der Waals surface area contributed by atoms with E-state index in [1.54, 1.807) is 25.9 Å². The summed E-state index contributed by atoms with van der Waals surface area (Å²) in [7, 11) is 3.59. The molecule has 7 nitrogen and oxygen atoms in total. The molecule has 10 heteroatoms. The molecule has 23 heavy (non-hydrogen) atoms. The van der Waals surface area contributed by atoms with Crippen molar-refractivity contribution >= 4 is 11.9 Å². The lowest BCUT2D eigenvalue weighted by atomic mass is 10.2. The first-order valence-corrected chi connectivity index (χ1v) is 6.38. The van der Waals surface area contributed by atoms with Gasteiger partial charge in [-0.2, -0.15) is 13.2 Å². The van der Waals surface area contributed by atoms with Crippen molar-refractivity contribution in [2.45, 2.75) is 13.1 Å². The number of anilines is 1. The van der Waals surface area contributed by atoms with Crippen molar-refractivity contribution in [3.8, 4) is 0 Å². The van der Waals surface area contributed by atoms with Crippen molar-refractivity contribution in [2.75, 3.05) is 38.7 Å². The number of halogens is 3. The van der Waals surface area contributed by atoms with Gasteiger partial charge in [-0.05, 0) is 33.2 Å². The Labute approximate surface area is 132 Å². The first-order chi connectivity index (χ1) is 9.75. The van der Waals surface area contributed by atoms with Crippen LogP contribution in [-0.2, 0) is 10.9 Å². The molecule has 0 aromatic carbocycles. The van der Waals surface area contributed by atoms with Gasteiger partial charge in [0.15, 0.2) is 0 Å². The van der Waals surface area contributed by atoms with E-state index in [0.717, 1.165) is 23.2 Å². The third-order valence-electron chi connectivity index (χ3n) is 2.61. The fourth-order valence-electron chi connectivity index (χ4n) is 1.54. The molecule has 4 N–H and O–H groups in total. The fourth-order valence-corrected chi connectivity index (χ4v) is 1.54. The monoisotopic (exact) mass is 341 g/mol. The largest absolute Gasteiger partial charge is 0.449 e. The molecule has 0 saturated heterocycles. The van der Waals surface area contributed by atoms with Gasteiger partial charge in [-0.15, -0.1) is 0 Å². The van der Waals surface area contributed by atoms with Crippen LogP contribution in [0.2, 0.25) is 0 Å². The van der Waals surface area contributed by atoms with E-state index in [0.29, 0.717) is 6.54 Å². The summed E-state index contributed by atoms with van der Waals surface area (Å²) in [6.45, 7) is 2.41. The Bertz CT molecular complexity index is 484. The van der Waals surface area contributed by atoms with Gasteiger partial charge >= 0.3 is 12.3 Å². The molecule has 0 radical (unpaired) electrons. The molecule has 0 spiro atoms. The first kappa shape index (κ1) is 23.4. The smallest absolute Gasteiger partial charge is 0.416 e. The van der Waals surface area contributed by atoms with Crippen molar-refractivity contribution in [1.29, 1.82) is 0 Å². The number of amides is 1. The Hall–Kier alpha value is -1.91. The van der Waals surface area contributed by atoms with Gasteiger partial charge in [0.05, 0.1) is 12.2 Å². The summed E-state index contributed by atoms with van der Waals surface area (Å²) in [4.78, 5) is 18.6. The molecular formula is C13H22F3N3O4. The van der Waals surface area contributed by atoms with Gasteiger partial charge in [0.1, 0.15) is 5.82 Å². The minimum Gasteiger partial charge on any atom is -0.449 e. The highest BCUT2D eigenvalue weighted by Gasteiger charge is 2.32. The lowest BCUT2D eigenvalue weighted by Crippen LogP contribution is -2.37. The van der Waals surface area contributed by atoms with Crippen molar-refractivity contribution in [3.63, 3.8) is 0 Å². The van der Waals surface area contributed by atoms with Crippen LogP contribution in [0.1, 0.15) is 12.5 Å². The quantitative estimate of drug-likeness (QED) is 0.795. The lowest BCUT2D eigenvalue weighted by molar-refractivity contribution is -0.137. The summed E-state index contributed by atoms with van der Waals surface area (Å²) in [6, 6.07) is 1.70. The van der Waals surface area contributed by atoms with Gasteiger partial charge in [0.25, 0.3) is 0 Å². The van der Waals surface area contributed by atoms with E-state index in [4.69, 9.17) is 4.74 Å². The lowest BCUT2D eigenvalue weighted by Gasteiger charge is -2.23. The molecule has 0 fully saturated rings. The van der Waals surface area contributed by atoms with E-state index in [1.165, 1.54) is 0 Å². The highest BCUT2D eigenvalue weighted by Crippen LogP contribution is 2.30. The van der Waals surface area contributed by atoms with Crippen LogP contribution in [0.3, 0.4) is 0 Å². The minimum atomic E-state index is -4.49. The summed E-state index contributed by atoms with van der Waals surface area (Å²) in [5, 5.41) is 0.